The van der Waals surface area contributed by atoms with Gasteiger partial charge < -0.3 is 5.32 Å². The fourth-order valence-corrected chi connectivity index (χ4v) is 1.85. The summed E-state index contributed by atoms with van der Waals surface area (Å²) in [5.41, 5.74) is 0.369. The topological polar surface area (TPSA) is 75.3 Å². The Bertz CT molecular complexity index is 502. The molecule has 1 rings (SSSR count). The number of hydrogen-bond acceptors (Lipinski definition) is 3. The number of carbonyl (C=O) groups excluding carboxylic acids is 1. The van der Waals surface area contributed by atoms with Crippen molar-refractivity contribution >= 4 is 27.5 Å². The number of nitrogens with one attached hydrogen (secondary N) is 2. The van der Waals surface area contributed by atoms with Gasteiger partial charge in [-0.15, -0.1) is 0 Å². The minimum Gasteiger partial charge on any atom is -0.351 e. The number of carbonyl (C=O) groups is 1. The molecule has 17 heavy (non-hydrogen) atoms. The van der Waals surface area contributed by atoms with Crippen LogP contribution in [-0.4, -0.2) is 33.7 Å². The lowest BCUT2D eigenvalue weighted by molar-refractivity contribution is 0.0954. The van der Waals surface area contributed by atoms with E-state index in [0.717, 1.165) is 6.26 Å². The molecule has 0 unspecified atom stereocenters. The predicted molar refractivity (Wildman–Crippen MR) is 66.6 cm³/mol. The number of benzene rings is 1. The Morgan fingerprint density at radius 2 is 1.94 bits per heavy atom. The maximum atomic E-state index is 11.6. The molecule has 0 saturated carbocycles. The van der Waals surface area contributed by atoms with Crippen molar-refractivity contribution in [3.8, 4) is 0 Å². The van der Waals surface area contributed by atoms with E-state index >= 15 is 0 Å². The highest BCUT2D eigenvalue weighted by Gasteiger charge is 2.08. The Morgan fingerprint density at radius 1 is 1.29 bits per heavy atom. The summed E-state index contributed by atoms with van der Waals surface area (Å²) in [5, 5.41) is 2.92. The molecule has 1 aromatic carbocycles. The zero-order valence-corrected chi connectivity index (χ0v) is 10.8. The first-order valence-electron chi connectivity index (χ1n) is 4.87. The third-order valence-corrected chi connectivity index (χ3v) is 2.95. The van der Waals surface area contributed by atoms with Crippen LogP contribution in [0.4, 0.5) is 0 Å². The molecule has 0 aromatic heterocycles. The first kappa shape index (κ1) is 14.0. The van der Waals surface area contributed by atoms with Crippen LogP contribution < -0.4 is 10.0 Å². The van der Waals surface area contributed by atoms with E-state index in [1.807, 2.05) is 0 Å². The van der Waals surface area contributed by atoms with Crippen molar-refractivity contribution in [2.45, 2.75) is 0 Å². The third kappa shape index (κ3) is 5.16. The van der Waals surface area contributed by atoms with Crippen LogP contribution in [0.3, 0.4) is 0 Å². The molecular formula is C10H13ClN2O3S. The van der Waals surface area contributed by atoms with Crippen molar-refractivity contribution in [1.82, 2.24) is 10.0 Å². The zero-order valence-electron chi connectivity index (χ0n) is 9.23. The molecule has 0 saturated heterocycles. The van der Waals surface area contributed by atoms with Crippen molar-refractivity contribution in [1.29, 1.82) is 0 Å². The molecule has 1 aromatic rings. The van der Waals surface area contributed by atoms with Crippen LogP contribution in [0.15, 0.2) is 24.3 Å². The molecule has 7 heteroatoms. The van der Waals surface area contributed by atoms with Gasteiger partial charge in [0.25, 0.3) is 5.91 Å². The maximum Gasteiger partial charge on any atom is 0.252 e. The van der Waals surface area contributed by atoms with Crippen LogP contribution in [0, 0.1) is 0 Å². The minimum absolute atomic E-state index is 0.148. The van der Waals surface area contributed by atoms with Gasteiger partial charge in [-0.05, 0) is 12.1 Å². The maximum absolute atomic E-state index is 11.6. The summed E-state index contributed by atoms with van der Waals surface area (Å²) in [4.78, 5) is 11.6. The normalized spacial score (nSPS) is 11.2. The second kappa shape index (κ2) is 6.00. The van der Waals surface area contributed by atoms with Gasteiger partial charge in [-0.3, -0.25) is 4.79 Å². The summed E-state index contributed by atoms with van der Waals surface area (Å²) in [6.45, 7) is 0.353. The molecule has 5 nitrogen and oxygen atoms in total. The first-order valence-corrected chi connectivity index (χ1v) is 7.14. The average Bonchev–Trinajstić information content (AvgIpc) is 2.23. The molecule has 0 fully saturated rings. The summed E-state index contributed by atoms with van der Waals surface area (Å²) in [6.07, 6.45) is 1.06. The van der Waals surface area contributed by atoms with Gasteiger partial charge in [0.2, 0.25) is 10.0 Å². The van der Waals surface area contributed by atoms with Gasteiger partial charge in [0.1, 0.15) is 0 Å². The lowest BCUT2D eigenvalue weighted by atomic mass is 10.2. The highest BCUT2D eigenvalue weighted by Crippen LogP contribution is 2.14. The molecule has 0 radical (unpaired) electrons. The molecule has 1 amide bonds. The number of amides is 1. The van der Waals surface area contributed by atoms with Crippen LogP contribution in [0.2, 0.25) is 5.02 Å². The molecule has 0 atom stereocenters. The molecular weight excluding hydrogens is 264 g/mol. The number of sulfonamides is 1. The summed E-state index contributed by atoms with van der Waals surface area (Å²) in [7, 11) is -3.22. The van der Waals surface area contributed by atoms with E-state index in [1.165, 1.54) is 0 Å². The highest BCUT2D eigenvalue weighted by atomic mass is 35.5. The van der Waals surface area contributed by atoms with Crippen LogP contribution >= 0.6 is 11.6 Å². The van der Waals surface area contributed by atoms with Gasteiger partial charge in [-0.25, -0.2) is 13.1 Å². The van der Waals surface area contributed by atoms with E-state index in [0.29, 0.717) is 10.6 Å². The molecule has 0 aliphatic carbocycles. The fourth-order valence-electron chi connectivity index (χ4n) is 1.15. The Labute approximate surface area is 105 Å². The van der Waals surface area contributed by atoms with E-state index < -0.39 is 10.0 Å². The van der Waals surface area contributed by atoms with Crippen molar-refractivity contribution in [3.63, 3.8) is 0 Å². The van der Waals surface area contributed by atoms with Crippen LogP contribution in [-0.2, 0) is 10.0 Å². The van der Waals surface area contributed by atoms with Crippen LogP contribution in [0.5, 0.6) is 0 Å². The number of hydrogen-bond donors (Lipinski definition) is 2. The standard InChI is InChI=1S/C10H13ClN2O3S/c1-17(15,16)13-7-6-12-10(14)8-4-2-3-5-9(8)11/h2-5,13H,6-7H2,1H3,(H,12,14). The van der Waals surface area contributed by atoms with Crippen LogP contribution in [0.1, 0.15) is 10.4 Å². The highest BCUT2D eigenvalue weighted by molar-refractivity contribution is 7.88. The minimum atomic E-state index is -3.22. The van der Waals surface area contributed by atoms with Crippen molar-refractivity contribution in [2.75, 3.05) is 19.3 Å². The molecule has 2 N–H and O–H groups in total. The molecule has 0 spiro atoms. The summed E-state index contributed by atoms with van der Waals surface area (Å²) >= 11 is 5.83. The van der Waals surface area contributed by atoms with Gasteiger partial charge in [0.15, 0.2) is 0 Å². The Morgan fingerprint density at radius 3 is 2.53 bits per heavy atom. The third-order valence-electron chi connectivity index (χ3n) is 1.89. The first-order chi connectivity index (χ1) is 7.90. The number of rotatable bonds is 5. The van der Waals surface area contributed by atoms with Gasteiger partial charge >= 0.3 is 0 Å². The average molecular weight is 277 g/mol. The second-order valence-corrected chi connectivity index (χ2v) is 5.64. The molecule has 94 valence electrons. The van der Waals surface area contributed by atoms with Crippen molar-refractivity contribution in [2.24, 2.45) is 0 Å². The number of halogens is 1. The van der Waals surface area contributed by atoms with Crippen molar-refractivity contribution < 1.29 is 13.2 Å². The second-order valence-electron chi connectivity index (χ2n) is 3.40. The Hall–Kier alpha value is -1.11. The molecule has 0 aliphatic heterocycles. The van der Waals surface area contributed by atoms with Gasteiger partial charge in [-0.1, -0.05) is 23.7 Å². The van der Waals surface area contributed by atoms with Gasteiger partial charge in [0, 0.05) is 13.1 Å². The quantitative estimate of drug-likeness (QED) is 0.774. The van der Waals surface area contributed by atoms with E-state index in [-0.39, 0.29) is 19.0 Å². The summed E-state index contributed by atoms with van der Waals surface area (Å²) in [6, 6.07) is 6.65. The molecule has 0 aliphatic rings. The van der Waals surface area contributed by atoms with E-state index in [9.17, 15) is 13.2 Å². The largest absolute Gasteiger partial charge is 0.351 e. The smallest absolute Gasteiger partial charge is 0.252 e. The van der Waals surface area contributed by atoms with E-state index in [2.05, 4.69) is 10.0 Å². The monoisotopic (exact) mass is 276 g/mol. The summed E-state index contributed by atoms with van der Waals surface area (Å²) in [5.74, 6) is -0.328. The Balaban J connectivity index is 2.44. The Kier molecular flexibility index (Phi) is 4.92. The zero-order chi connectivity index (χ0) is 12.9. The molecule has 0 bridgehead atoms. The summed E-state index contributed by atoms with van der Waals surface area (Å²) < 4.78 is 23.8. The van der Waals surface area contributed by atoms with E-state index in [1.54, 1.807) is 24.3 Å². The van der Waals surface area contributed by atoms with E-state index in [4.69, 9.17) is 11.6 Å². The molecule has 0 heterocycles. The SMILES string of the molecule is CS(=O)(=O)NCCNC(=O)c1ccccc1Cl. The fraction of sp³-hybridized carbons (Fsp3) is 0.300. The van der Waals surface area contributed by atoms with Gasteiger partial charge in [-0.2, -0.15) is 0 Å². The van der Waals surface area contributed by atoms with Crippen LogP contribution in [0.25, 0.3) is 0 Å². The van der Waals surface area contributed by atoms with Crippen molar-refractivity contribution in [3.05, 3.63) is 34.9 Å². The lowest BCUT2D eigenvalue weighted by Gasteiger charge is -2.06. The lowest BCUT2D eigenvalue weighted by Crippen LogP contribution is -2.34. The predicted octanol–water partition coefficient (Wildman–Crippen LogP) is 0.619. The van der Waals surface area contributed by atoms with Gasteiger partial charge in [0.05, 0.1) is 16.8 Å².